The van der Waals surface area contributed by atoms with E-state index in [0.29, 0.717) is 29.2 Å². The van der Waals surface area contributed by atoms with E-state index in [1.165, 1.54) is 6.42 Å². The Morgan fingerprint density at radius 2 is 2.35 bits per heavy atom. The molecule has 5 heteroatoms. The van der Waals surface area contributed by atoms with Crippen molar-refractivity contribution in [2.75, 3.05) is 24.7 Å². The minimum absolute atomic E-state index is 0.0164. The van der Waals surface area contributed by atoms with Gasteiger partial charge in [0.05, 0.1) is 11.3 Å². The first-order valence-corrected chi connectivity index (χ1v) is 8.40. The van der Waals surface area contributed by atoms with Crippen molar-refractivity contribution >= 4 is 23.4 Å². The number of para-hydroxylation sites is 1. The van der Waals surface area contributed by atoms with E-state index >= 15 is 0 Å². The molecule has 0 saturated heterocycles. The summed E-state index contributed by atoms with van der Waals surface area (Å²) in [6.45, 7) is 1.39. The first-order valence-electron chi connectivity index (χ1n) is 7.11. The number of ether oxygens (including phenoxy) is 1. The molecular weight excluding hydrogens is 272 g/mol. The Labute approximate surface area is 123 Å². The van der Waals surface area contributed by atoms with Gasteiger partial charge in [0.2, 0.25) is 0 Å². The molecule has 1 amide bonds. The molecule has 1 aromatic carbocycles. The van der Waals surface area contributed by atoms with Crippen LogP contribution < -0.4 is 15.4 Å². The van der Waals surface area contributed by atoms with Crippen LogP contribution in [-0.2, 0) is 0 Å². The van der Waals surface area contributed by atoms with Crippen LogP contribution >= 0.6 is 11.8 Å². The molecule has 0 aromatic heterocycles. The lowest BCUT2D eigenvalue weighted by atomic mass is 10.1. The number of anilines is 1. The Kier molecular flexibility index (Phi) is 4.05. The molecular formula is C15H20N2O2S. The van der Waals surface area contributed by atoms with Crippen LogP contribution in [-0.4, -0.2) is 36.6 Å². The van der Waals surface area contributed by atoms with E-state index in [9.17, 15) is 4.79 Å². The summed E-state index contributed by atoms with van der Waals surface area (Å²) < 4.78 is 5.66. The molecule has 20 heavy (non-hydrogen) atoms. The van der Waals surface area contributed by atoms with Gasteiger partial charge in [-0.2, -0.15) is 11.8 Å². The molecule has 3 rings (SSSR count). The zero-order valence-electron chi connectivity index (χ0n) is 11.6. The molecule has 2 N–H and O–H groups in total. The predicted octanol–water partition coefficient (Wildman–Crippen LogP) is 2.50. The number of hydrogen-bond acceptors (Lipinski definition) is 4. The molecule has 0 bridgehead atoms. The van der Waals surface area contributed by atoms with Gasteiger partial charge in [-0.15, -0.1) is 0 Å². The van der Waals surface area contributed by atoms with Crippen molar-refractivity contribution in [2.24, 2.45) is 0 Å². The first-order chi connectivity index (χ1) is 9.78. The van der Waals surface area contributed by atoms with E-state index in [-0.39, 0.29) is 5.91 Å². The van der Waals surface area contributed by atoms with Crippen LogP contribution in [0.5, 0.6) is 5.75 Å². The topological polar surface area (TPSA) is 50.4 Å². The first kappa shape index (κ1) is 13.6. The van der Waals surface area contributed by atoms with E-state index in [1.54, 1.807) is 0 Å². The van der Waals surface area contributed by atoms with Crippen molar-refractivity contribution < 1.29 is 9.53 Å². The third kappa shape index (κ3) is 2.73. The Hall–Kier alpha value is -1.36. The minimum atomic E-state index is -0.0164. The second kappa shape index (κ2) is 5.95. The highest BCUT2D eigenvalue weighted by atomic mass is 32.2. The van der Waals surface area contributed by atoms with Crippen LogP contribution in [0.3, 0.4) is 0 Å². The monoisotopic (exact) mass is 292 g/mol. The predicted molar refractivity (Wildman–Crippen MR) is 82.8 cm³/mol. The molecule has 2 unspecified atom stereocenters. The SMILES string of the molecule is CSC1CCC(NC(=O)c2cccc3c2OCCN3)C1. The van der Waals surface area contributed by atoms with Crippen LogP contribution in [0.15, 0.2) is 18.2 Å². The summed E-state index contributed by atoms with van der Waals surface area (Å²) in [6, 6.07) is 5.98. The molecule has 0 spiro atoms. The maximum Gasteiger partial charge on any atom is 0.255 e. The Balaban J connectivity index is 1.71. The van der Waals surface area contributed by atoms with Crippen molar-refractivity contribution in [3.8, 4) is 5.75 Å². The highest BCUT2D eigenvalue weighted by molar-refractivity contribution is 7.99. The van der Waals surface area contributed by atoms with Crippen LogP contribution in [0.4, 0.5) is 5.69 Å². The van der Waals surface area contributed by atoms with E-state index in [0.717, 1.165) is 25.1 Å². The average Bonchev–Trinajstić information content (AvgIpc) is 2.94. The van der Waals surface area contributed by atoms with Crippen molar-refractivity contribution in [2.45, 2.75) is 30.6 Å². The lowest BCUT2D eigenvalue weighted by Crippen LogP contribution is -2.34. The third-order valence-electron chi connectivity index (χ3n) is 3.98. The van der Waals surface area contributed by atoms with E-state index in [1.807, 2.05) is 30.0 Å². The van der Waals surface area contributed by atoms with Gasteiger partial charge in [0.25, 0.3) is 5.91 Å². The molecule has 4 nitrogen and oxygen atoms in total. The smallest absolute Gasteiger partial charge is 0.255 e. The van der Waals surface area contributed by atoms with Crippen molar-refractivity contribution in [1.82, 2.24) is 5.32 Å². The zero-order chi connectivity index (χ0) is 13.9. The lowest BCUT2D eigenvalue weighted by molar-refractivity contribution is 0.0934. The molecule has 0 radical (unpaired) electrons. The maximum absolute atomic E-state index is 12.4. The summed E-state index contributed by atoms with van der Waals surface area (Å²) in [5, 5.41) is 7.09. The van der Waals surface area contributed by atoms with Gasteiger partial charge in [-0.1, -0.05) is 6.07 Å². The molecule has 108 valence electrons. The van der Waals surface area contributed by atoms with Crippen molar-refractivity contribution in [1.29, 1.82) is 0 Å². The summed E-state index contributed by atoms with van der Waals surface area (Å²) in [5.41, 5.74) is 1.56. The number of rotatable bonds is 3. The number of carbonyl (C=O) groups is 1. The Morgan fingerprint density at radius 1 is 1.45 bits per heavy atom. The fraction of sp³-hybridized carbons (Fsp3) is 0.533. The summed E-state index contributed by atoms with van der Waals surface area (Å²) in [7, 11) is 0. The third-order valence-corrected chi connectivity index (χ3v) is 5.07. The Bertz CT molecular complexity index is 507. The molecule has 1 aromatic rings. The van der Waals surface area contributed by atoms with Gasteiger partial charge >= 0.3 is 0 Å². The van der Waals surface area contributed by atoms with Crippen LogP contribution in [0.25, 0.3) is 0 Å². The maximum atomic E-state index is 12.4. The fourth-order valence-corrected chi connectivity index (χ4v) is 3.69. The summed E-state index contributed by atoms with van der Waals surface area (Å²) in [4.78, 5) is 12.4. The quantitative estimate of drug-likeness (QED) is 0.899. The summed E-state index contributed by atoms with van der Waals surface area (Å²) >= 11 is 1.90. The van der Waals surface area contributed by atoms with Crippen molar-refractivity contribution in [3.05, 3.63) is 23.8 Å². The van der Waals surface area contributed by atoms with Gasteiger partial charge < -0.3 is 15.4 Å². The number of thioether (sulfide) groups is 1. The summed E-state index contributed by atoms with van der Waals surface area (Å²) in [6.07, 6.45) is 5.48. The molecule has 1 aliphatic carbocycles. The number of amides is 1. The van der Waals surface area contributed by atoms with Crippen molar-refractivity contribution in [3.63, 3.8) is 0 Å². The Morgan fingerprint density at radius 3 is 3.15 bits per heavy atom. The lowest BCUT2D eigenvalue weighted by Gasteiger charge is -2.22. The van der Waals surface area contributed by atoms with Gasteiger partial charge in [0, 0.05) is 17.8 Å². The second-order valence-corrected chi connectivity index (χ2v) is 6.44. The van der Waals surface area contributed by atoms with Gasteiger partial charge in [-0.3, -0.25) is 4.79 Å². The fourth-order valence-electron chi connectivity index (χ4n) is 2.90. The highest BCUT2D eigenvalue weighted by Crippen LogP contribution is 2.32. The van der Waals surface area contributed by atoms with Gasteiger partial charge in [-0.05, 0) is 37.7 Å². The van der Waals surface area contributed by atoms with Gasteiger partial charge in [-0.25, -0.2) is 0 Å². The summed E-state index contributed by atoms with van der Waals surface area (Å²) in [5.74, 6) is 0.674. The molecule has 2 aliphatic rings. The van der Waals surface area contributed by atoms with Crippen LogP contribution in [0.2, 0.25) is 0 Å². The number of benzene rings is 1. The van der Waals surface area contributed by atoms with E-state index in [4.69, 9.17) is 4.74 Å². The second-order valence-electron chi connectivity index (χ2n) is 5.30. The van der Waals surface area contributed by atoms with Crippen LogP contribution in [0.1, 0.15) is 29.6 Å². The molecule has 1 heterocycles. The highest BCUT2D eigenvalue weighted by Gasteiger charge is 2.27. The number of nitrogens with one attached hydrogen (secondary N) is 2. The number of hydrogen-bond donors (Lipinski definition) is 2. The van der Waals surface area contributed by atoms with Gasteiger partial charge in [0.1, 0.15) is 6.61 Å². The average molecular weight is 292 g/mol. The van der Waals surface area contributed by atoms with E-state index < -0.39 is 0 Å². The molecule has 1 saturated carbocycles. The van der Waals surface area contributed by atoms with Gasteiger partial charge in [0.15, 0.2) is 5.75 Å². The number of carbonyl (C=O) groups excluding carboxylic acids is 1. The normalized spacial score (nSPS) is 24.4. The van der Waals surface area contributed by atoms with E-state index in [2.05, 4.69) is 16.9 Å². The largest absolute Gasteiger partial charge is 0.489 e. The standard InChI is InChI=1S/C15H20N2O2S/c1-20-11-6-5-10(9-11)17-15(18)12-3-2-4-13-14(12)19-8-7-16-13/h2-4,10-11,16H,5-9H2,1H3,(H,17,18). The zero-order valence-corrected chi connectivity index (χ0v) is 12.5. The molecule has 1 fully saturated rings. The molecule has 1 aliphatic heterocycles. The molecule has 2 atom stereocenters. The van der Waals surface area contributed by atoms with Crippen LogP contribution in [0, 0.1) is 0 Å². The number of fused-ring (bicyclic) bond motifs is 1. The minimum Gasteiger partial charge on any atom is -0.489 e.